The van der Waals surface area contributed by atoms with Crippen LogP contribution in [0.4, 0.5) is 0 Å². The molecule has 1 aromatic carbocycles. The summed E-state index contributed by atoms with van der Waals surface area (Å²) in [4.78, 5) is 12.6. The van der Waals surface area contributed by atoms with Gasteiger partial charge in [0, 0.05) is 11.8 Å². The van der Waals surface area contributed by atoms with Crippen molar-refractivity contribution in [3.8, 4) is 0 Å². The molecule has 2 bridgehead atoms. The van der Waals surface area contributed by atoms with Crippen LogP contribution in [-0.2, 0) is 15.6 Å². The Morgan fingerprint density at radius 3 is 2.50 bits per heavy atom. The summed E-state index contributed by atoms with van der Waals surface area (Å²) < 4.78 is 0. The molecule has 1 heteroatoms. The van der Waals surface area contributed by atoms with Crippen molar-refractivity contribution in [2.75, 3.05) is 0 Å². The molecule has 1 fully saturated rings. The molecule has 1 nitrogen and oxygen atoms in total. The van der Waals surface area contributed by atoms with E-state index in [-0.39, 0.29) is 10.8 Å². The van der Waals surface area contributed by atoms with E-state index in [0.29, 0.717) is 5.78 Å². The Kier molecular flexibility index (Phi) is 3.48. The molecule has 20 heavy (non-hydrogen) atoms. The Bertz CT molecular complexity index is 518. The Morgan fingerprint density at radius 1 is 1.05 bits per heavy atom. The molecule has 0 aliphatic heterocycles. The number of benzene rings is 1. The van der Waals surface area contributed by atoms with E-state index in [1.165, 1.54) is 49.7 Å². The summed E-state index contributed by atoms with van der Waals surface area (Å²) in [5, 5.41) is 0. The Labute approximate surface area is 122 Å². The maximum absolute atomic E-state index is 12.6. The highest BCUT2D eigenvalue weighted by atomic mass is 16.1. The standard InChI is InChI=1S/C19H26O/c1-3-4-5-8-11-19-13-12-18(2,17(20)14-19)15-9-6-7-10-16(15)19/h6-7,9-10H,3-5,8,11-14H2,1-2H3. The van der Waals surface area contributed by atoms with Gasteiger partial charge in [0.05, 0.1) is 5.41 Å². The first-order valence-electron chi connectivity index (χ1n) is 8.26. The normalized spacial score (nSPS) is 31.4. The molecule has 3 aliphatic carbocycles. The maximum atomic E-state index is 12.6. The average Bonchev–Trinajstić information content (AvgIpc) is 2.47. The highest BCUT2D eigenvalue weighted by Crippen LogP contribution is 2.56. The Balaban J connectivity index is 1.92. The van der Waals surface area contributed by atoms with Gasteiger partial charge in [-0.05, 0) is 37.3 Å². The summed E-state index contributed by atoms with van der Waals surface area (Å²) in [6, 6.07) is 8.75. The van der Waals surface area contributed by atoms with E-state index in [1.54, 1.807) is 0 Å². The summed E-state index contributed by atoms with van der Waals surface area (Å²) in [6.07, 6.45) is 9.43. The number of ketones is 1. The summed E-state index contributed by atoms with van der Waals surface area (Å²) in [5.74, 6) is 0.484. The molecule has 1 aromatic rings. The highest BCUT2D eigenvalue weighted by molar-refractivity contribution is 5.94. The molecule has 0 heterocycles. The topological polar surface area (TPSA) is 17.1 Å². The van der Waals surface area contributed by atoms with Crippen LogP contribution in [0.3, 0.4) is 0 Å². The third-order valence-electron chi connectivity index (χ3n) is 5.82. The zero-order valence-electron chi connectivity index (χ0n) is 12.9. The second-order valence-electron chi connectivity index (χ2n) is 7.07. The smallest absolute Gasteiger partial charge is 0.144 e. The summed E-state index contributed by atoms with van der Waals surface area (Å²) >= 11 is 0. The van der Waals surface area contributed by atoms with Crippen molar-refractivity contribution < 1.29 is 4.79 Å². The summed E-state index contributed by atoms with van der Waals surface area (Å²) in [7, 11) is 0. The predicted octanol–water partition coefficient (Wildman–Crippen LogP) is 4.92. The monoisotopic (exact) mass is 270 g/mol. The van der Waals surface area contributed by atoms with Gasteiger partial charge < -0.3 is 0 Å². The molecule has 0 aromatic heterocycles. The zero-order valence-corrected chi connectivity index (χ0v) is 12.9. The van der Waals surface area contributed by atoms with Gasteiger partial charge in [-0.15, -0.1) is 0 Å². The second kappa shape index (κ2) is 5.02. The van der Waals surface area contributed by atoms with Crippen LogP contribution >= 0.6 is 0 Å². The second-order valence-corrected chi connectivity index (χ2v) is 7.07. The van der Waals surface area contributed by atoms with E-state index in [0.717, 1.165) is 12.8 Å². The summed E-state index contributed by atoms with van der Waals surface area (Å²) in [6.45, 7) is 4.41. The van der Waals surface area contributed by atoms with Crippen LogP contribution in [0, 0.1) is 0 Å². The number of fused-ring (bicyclic) bond motifs is 2. The number of Topliss-reactive ketones (excluding diaryl/α,β-unsaturated/α-hetero) is 1. The van der Waals surface area contributed by atoms with Crippen LogP contribution in [0.2, 0.25) is 0 Å². The molecule has 4 rings (SSSR count). The largest absolute Gasteiger partial charge is 0.299 e. The Hall–Kier alpha value is -1.11. The van der Waals surface area contributed by atoms with Crippen LogP contribution in [-0.4, -0.2) is 5.78 Å². The average molecular weight is 270 g/mol. The van der Waals surface area contributed by atoms with E-state index in [2.05, 4.69) is 38.1 Å². The quantitative estimate of drug-likeness (QED) is 0.694. The number of rotatable bonds is 5. The number of unbranched alkanes of at least 4 members (excludes halogenated alkanes) is 3. The molecule has 0 radical (unpaired) electrons. The fourth-order valence-electron chi connectivity index (χ4n) is 4.40. The van der Waals surface area contributed by atoms with Gasteiger partial charge in [-0.1, -0.05) is 56.9 Å². The van der Waals surface area contributed by atoms with E-state index in [4.69, 9.17) is 0 Å². The van der Waals surface area contributed by atoms with E-state index < -0.39 is 0 Å². The summed E-state index contributed by atoms with van der Waals surface area (Å²) in [5.41, 5.74) is 2.80. The molecule has 0 spiro atoms. The number of carbonyl (C=O) groups is 1. The van der Waals surface area contributed by atoms with Crippen molar-refractivity contribution in [3.63, 3.8) is 0 Å². The lowest BCUT2D eigenvalue weighted by Gasteiger charge is -2.52. The van der Waals surface area contributed by atoms with Crippen molar-refractivity contribution in [3.05, 3.63) is 35.4 Å². The zero-order chi connectivity index (χ0) is 14.2. The minimum absolute atomic E-state index is 0.166. The van der Waals surface area contributed by atoms with Crippen molar-refractivity contribution >= 4 is 5.78 Å². The van der Waals surface area contributed by atoms with Crippen LogP contribution in [0.15, 0.2) is 24.3 Å². The lowest BCUT2D eigenvalue weighted by atomic mass is 9.50. The molecule has 2 unspecified atom stereocenters. The van der Waals surface area contributed by atoms with E-state index in [1.807, 2.05) is 0 Å². The van der Waals surface area contributed by atoms with Gasteiger partial charge in [0.15, 0.2) is 0 Å². The SMILES string of the molecule is CCCCCCC12CCC(C)(C(=O)C1)c1ccccc12. The first kappa shape index (κ1) is 13.9. The van der Waals surface area contributed by atoms with Gasteiger partial charge in [0.1, 0.15) is 5.78 Å². The van der Waals surface area contributed by atoms with Crippen LogP contribution in [0.25, 0.3) is 0 Å². The van der Waals surface area contributed by atoms with Gasteiger partial charge in [0.25, 0.3) is 0 Å². The van der Waals surface area contributed by atoms with Crippen molar-refractivity contribution in [2.45, 2.75) is 76.0 Å². The molecule has 3 aliphatic rings. The lowest BCUT2D eigenvalue weighted by Crippen LogP contribution is -2.52. The first-order valence-corrected chi connectivity index (χ1v) is 8.26. The molecule has 108 valence electrons. The van der Waals surface area contributed by atoms with Gasteiger partial charge in [-0.2, -0.15) is 0 Å². The van der Waals surface area contributed by atoms with Crippen molar-refractivity contribution in [1.82, 2.24) is 0 Å². The van der Waals surface area contributed by atoms with Gasteiger partial charge >= 0.3 is 0 Å². The number of hydrogen-bond acceptors (Lipinski definition) is 1. The molecule has 0 amide bonds. The number of carbonyl (C=O) groups excluding carboxylic acids is 1. The minimum Gasteiger partial charge on any atom is -0.299 e. The van der Waals surface area contributed by atoms with Gasteiger partial charge in [-0.25, -0.2) is 0 Å². The fourth-order valence-corrected chi connectivity index (χ4v) is 4.40. The highest BCUT2D eigenvalue weighted by Gasteiger charge is 2.54. The third-order valence-corrected chi connectivity index (χ3v) is 5.82. The van der Waals surface area contributed by atoms with Gasteiger partial charge in [0.2, 0.25) is 0 Å². The molecule has 1 saturated carbocycles. The van der Waals surface area contributed by atoms with Gasteiger partial charge in [-0.3, -0.25) is 4.79 Å². The molecule has 0 saturated heterocycles. The first-order chi connectivity index (χ1) is 9.62. The predicted molar refractivity (Wildman–Crippen MR) is 83.1 cm³/mol. The lowest BCUT2D eigenvalue weighted by molar-refractivity contribution is -0.129. The number of hydrogen-bond donors (Lipinski definition) is 0. The minimum atomic E-state index is -0.193. The van der Waals surface area contributed by atoms with E-state index in [9.17, 15) is 4.79 Å². The van der Waals surface area contributed by atoms with Crippen molar-refractivity contribution in [1.29, 1.82) is 0 Å². The van der Waals surface area contributed by atoms with Crippen LogP contribution in [0.5, 0.6) is 0 Å². The van der Waals surface area contributed by atoms with Crippen LogP contribution in [0.1, 0.15) is 76.3 Å². The Morgan fingerprint density at radius 2 is 1.80 bits per heavy atom. The van der Waals surface area contributed by atoms with E-state index >= 15 is 0 Å². The van der Waals surface area contributed by atoms with Crippen LogP contribution < -0.4 is 0 Å². The fraction of sp³-hybridized carbons (Fsp3) is 0.632. The molecule has 2 atom stereocenters. The maximum Gasteiger partial charge on any atom is 0.144 e. The van der Waals surface area contributed by atoms with Crippen molar-refractivity contribution in [2.24, 2.45) is 0 Å². The third kappa shape index (κ3) is 1.94. The molecular weight excluding hydrogens is 244 g/mol. The molecule has 0 N–H and O–H groups in total. The molecular formula is C19H26O.